The Labute approximate surface area is 114 Å². The average Bonchev–Trinajstić information content (AvgIpc) is 3.34. The lowest BCUT2D eigenvalue weighted by molar-refractivity contribution is 0.0802. The van der Waals surface area contributed by atoms with Gasteiger partial charge in [-0.3, -0.25) is 5.32 Å². The fourth-order valence-corrected chi connectivity index (χ4v) is 2.30. The molecular formula is C16H20N2O. The molecule has 2 aliphatic carbocycles. The minimum atomic E-state index is -0.683. The molecule has 3 heteroatoms. The Morgan fingerprint density at radius 3 is 2.53 bits per heavy atom. The Morgan fingerprint density at radius 1 is 1.21 bits per heavy atom. The van der Waals surface area contributed by atoms with Crippen molar-refractivity contribution in [2.24, 2.45) is 5.92 Å². The van der Waals surface area contributed by atoms with Crippen molar-refractivity contribution in [1.82, 2.24) is 5.32 Å². The van der Waals surface area contributed by atoms with Crippen LogP contribution in [0.3, 0.4) is 0 Å². The summed E-state index contributed by atoms with van der Waals surface area (Å²) in [7, 11) is 0. The lowest BCUT2D eigenvalue weighted by atomic mass is 9.92. The van der Waals surface area contributed by atoms with Crippen molar-refractivity contribution in [1.29, 1.82) is 5.26 Å². The van der Waals surface area contributed by atoms with Gasteiger partial charge in [0.05, 0.1) is 12.7 Å². The van der Waals surface area contributed by atoms with E-state index in [4.69, 9.17) is 4.74 Å². The number of nitrogens with one attached hydrogen (secondary N) is 1. The molecule has 19 heavy (non-hydrogen) atoms. The first-order valence-electron chi connectivity index (χ1n) is 7.15. The first kappa shape index (κ1) is 12.7. The topological polar surface area (TPSA) is 45.0 Å². The predicted molar refractivity (Wildman–Crippen MR) is 73.4 cm³/mol. The molecule has 1 aromatic carbocycles. The summed E-state index contributed by atoms with van der Waals surface area (Å²) in [6.45, 7) is 1.24. The van der Waals surface area contributed by atoms with Crippen LogP contribution in [-0.4, -0.2) is 19.3 Å². The van der Waals surface area contributed by atoms with Gasteiger partial charge in [-0.1, -0.05) is 30.3 Å². The summed E-state index contributed by atoms with van der Waals surface area (Å²) < 4.78 is 5.81. The van der Waals surface area contributed by atoms with Gasteiger partial charge in [-0.05, 0) is 37.2 Å². The predicted octanol–water partition coefficient (Wildman–Crippen LogP) is 2.58. The van der Waals surface area contributed by atoms with Crippen LogP contribution in [0, 0.1) is 17.2 Å². The molecule has 0 heterocycles. The molecule has 0 bridgehead atoms. The second-order valence-electron chi connectivity index (χ2n) is 5.76. The van der Waals surface area contributed by atoms with Crippen molar-refractivity contribution in [3.05, 3.63) is 35.9 Å². The van der Waals surface area contributed by atoms with Gasteiger partial charge in [0.1, 0.15) is 0 Å². The molecule has 100 valence electrons. The van der Waals surface area contributed by atoms with E-state index in [0.29, 0.717) is 12.6 Å². The lowest BCUT2D eigenvalue weighted by Gasteiger charge is -2.28. The number of benzene rings is 1. The second-order valence-corrected chi connectivity index (χ2v) is 5.76. The van der Waals surface area contributed by atoms with Crippen LogP contribution >= 0.6 is 0 Å². The van der Waals surface area contributed by atoms with Crippen LogP contribution in [0.5, 0.6) is 0 Å². The highest BCUT2D eigenvalue weighted by atomic mass is 16.5. The van der Waals surface area contributed by atoms with E-state index in [-0.39, 0.29) is 0 Å². The van der Waals surface area contributed by atoms with Crippen LogP contribution in [0.4, 0.5) is 0 Å². The molecule has 0 aliphatic heterocycles. The van der Waals surface area contributed by atoms with Crippen LogP contribution in [0.1, 0.15) is 31.2 Å². The number of rotatable bonds is 7. The first-order valence-corrected chi connectivity index (χ1v) is 7.15. The van der Waals surface area contributed by atoms with Crippen molar-refractivity contribution in [3.63, 3.8) is 0 Å². The molecule has 0 aromatic heterocycles. The van der Waals surface area contributed by atoms with Crippen molar-refractivity contribution < 1.29 is 4.74 Å². The van der Waals surface area contributed by atoms with E-state index in [1.165, 1.54) is 25.7 Å². The smallest absolute Gasteiger partial charge is 0.156 e. The van der Waals surface area contributed by atoms with Gasteiger partial charge >= 0.3 is 0 Å². The van der Waals surface area contributed by atoms with Crippen molar-refractivity contribution in [2.75, 3.05) is 13.2 Å². The Hall–Kier alpha value is -1.37. The van der Waals surface area contributed by atoms with Crippen LogP contribution in [0.2, 0.25) is 0 Å². The van der Waals surface area contributed by atoms with E-state index < -0.39 is 5.54 Å². The summed E-state index contributed by atoms with van der Waals surface area (Å²) >= 11 is 0. The molecule has 0 saturated heterocycles. The number of hydrogen-bond donors (Lipinski definition) is 1. The Kier molecular flexibility index (Phi) is 3.54. The summed E-state index contributed by atoms with van der Waals surface area (Å²) in [6.07, 6.45) is 4.89. The highest BCUT2D eigenvalue weighted by Crippen LogP contribution is 2.31. The third-order valence-electron chi connectivity index (χ3n) is 3.85. The molecule has 1 unspecified atom stereocenters. The number of nitrogens with zero attached hydrogens (tertiary/aromatic N) is 1. The molecular weight excluding hydrogens is 236 g/mol. The molecule has 3 rings (SSSR count). The highest BCUT2D eigenvalue weighted by Gasteiger charge is 2.38. The van der Waals surface area contributed by atoms with Crippen molar-refractivity contribution in [3.8, 4) is 6.07 Å². The molecule has 1 N–H and O–H groups in total. The molecule has 1 aromatic rings. The quantitative estimate of drug-likeness (QED) is 0.815. The molecule has 1 atom stereocenters. The van der Waals surface area contributed by atoms with Crippen molar-refractivity contribution in [2.45, 2.75) is 37.3 Å². The van der Waals surface area contributed by atoms with Gasteiger partial charge in [0.25, 0.3) is 0 Å². The van der Waals surface area contributed by atoms with Crippen LogP contribution < -0.4 is 5.32 Å². The van der Waals surface area contributed by atoms with Crippen LogP contribution in [-0.2, 0) is 10.3 Å². The zero-order chi connectivity index (χ0) is 13.1. The van der Waals surface area contributed by atoms with Crippen LogP contribution in [0.15, 0.2) is 30.3 Å². The minimum Gasteiger partial charge on any atom is -0.378 e. The summed E-state index contributed by atoms with van der Waals surface area (Å²) in [5.74, 6) is 0.730. The molecule has 2 saturated carbocycles. The summed E-state index contributed by atoms with van der Waals surface area (Å²) in [5, 5.41) is 13.2. The SMILES string of the molecule is N#CC(COCC1CC1)(NC1CC1)c1ccccc1. The maximum atomic E-state index is 9.69. The van der Waals surface area contributed by atoms with Gasteiger partial charge in [0.15, 0.2) is 5.54 Å². The van der Waals surface area contributed by atoms with E-state index in [1.807, 2.05) is 30.3 Å². The molecule has 3 nitrogen and oxygen atoms in total. The van der Waals surface area contributed by atoms with Crippen molar-refractivity contribution >= 4 is 0 Å². The standard InChI is InChI=1S/C16H20N2O/c17-11-16(18-15-8-9-15,12-19-10-13-6-7-13)14-4-2-1-3-5-14/h1-5,13,15,18H,6-10,12H2. The van der Waals surface area contributed by atoms with E-state index in [1.54, 1.807) is 0 Å². The van der Waals surface area contributed by atoms with Gasteiger partial charge in [-0.25, -0.2) is 0 Å². The third-order valence-corrected chi connectivity index (χ3v) is 3.85. The number of nitriles is 1. The van der Waals surface area contributed by atoms with E-state index >= 15 is 0 Å². The van der Waals surface area contributed by atoms with Gasteiger partial charge in [0.2, 0.25) is 0 Å². The largest absolute Gasteiger partial charge is 0.378 e. The highest BCUT2D eigenvalue weighted by molar-refractivity contribution is 5.32. The zero-order valence-corrected chi connectivity index (χ0v) is 11.1. The fourth-order valence-electron chi connectivity index (χ4n) is 2.30. The van der Waals surface area contributed by atoms with E-state index in [9.17, 15) is 5.26 Å². The van der Waals surface area contributed by atoms with Gasteiger partial charge in [-0.2, -0.15) is 5.26 Å². The number of hydrogen-bond acceptors (Lipinski definition) is 3. The molecule has 2 aliphatic rings. The minimum absolute atomic E-state index is 0.445. The molecule has 0 spiro atoms. The average molecular weight is 256 g/mol. The Bertz CT molecular complexity index is 459. The molecule has 0 radical (unpaired) electrons. The van der Waals surface area contributed by atoms with Gasteiger partial charge in [-0.15, -0.1) is 0 Å². The fraction of sp³-hybridized carbons (Fsp3) is 0.562. The Balaban J connectivity index is 1.73. The monoisotopic (exact) mass is 256 g/mol. The van der Waals surface area contributed by atoms with Gasteiger partial charge in [0, 0.05) is 12.6 Å². The molecule has 0 amide bonds. The van der Waals surface area contributed by atoms with E-state index in [2.05, 4.69) is 11.4 Å². The lowest BCUT2D eigenvalue weighted by Crippen LogP contribution is -2.46. The first-order chi connectivity index (χ1) is 9.32. The second kappa shape index (κ2) is 5.32. The normalized spacial score (nSPS) is 21.6. The summed E-state index contributed by atoms with van der Waals surface area (Å²) in [5.41, 5.74) is 0.331. The zero-order valence-electron chi connectivity index (χ0n) is 11.1. The summed E-state index contributed by atoms with van der Waals surface area (Å²) in [6, 6.07) is 12.9. The van der Waals surface area contributed by atoms with Gasteiger partial charge < -0.3 is 4.74 Å². The van der Waals surface area contributed by atoms with E-state index in [0.717, 1.165) is 18.1 Å². The number of ether oxygens (including phenoxy) is 1. The third kappa shape index (κ3) is 3.15. The van der Waals surface area contributed by atoms with Crippen LogP contribution in [0.25, 0.3) is 0 Å². The maximum absolute atomic E-state index is 9.69. The summed E-state index contributed by atoms with van der Waals surface area (Å²) in [4.78, 5) is 0. The maximum Gasteiger partial charge on any atom is 0.156 e. The Morgan fingerprint density at radius 2 is 1.95 bits per heavy atom. The molecule has 2 fully saturated rings.